The van der Waals surface area contributed by atoms with Crippen molar-refractivity contribution < 1.29 is 4.79 Å². The lowest BCUT2D eigenvalue weighted by Crippen LogP contribution is -2.24. The molecule has 0 amide bonds. The van der Waals surface area contributed by atoms with Gasteiger partial charge < -0.3 is 5.73 Å². The molecule has 2 N–H and O–H groups in total. The van der Waals surface area contributed by atoms with Crippen molar-refractivity contribution in [3.05, 3.63) is 18.0 Å². The fraction of sp³-hybridized carbons (Fsp3) is 0.714. The van der Waals surface area contributed by atoms with Gasteiger partial charge >= 0.3 is 0 Å². The Labute approximate surface area is 110 Å². The number of carbonyl (C=O) groups excluding carboxylic acids is 1. The molecule has 0 spiro atoms. The molecule has 102 valence electrons. The lowest BCUT2D eigenvalue weighted by molar-refractivity contribution is -0.118. The average molecular weight is 251 g/mol. The molecule has 0 aliphatic carbocycles. The summed E-state index contributed by atoms with van der Waals surface area (Å²) in [5.74, 6) is 0.186. The van der Waals surface area contributed by atoms with E-state index in [0.29, 0.717) is 18.9 Å². The molecule has 0 radical (unpaired) electrons. The highest BCUT2D eigenvalue weighted by atomic mass is 16.1. The number of nitrogens with zero attached hydrogens (tertiary/aromatic N) is 2. The second-order valence-electron chi connectivity index (χ2n) is 5.01. The number of hydrogen-bond acceptors (Lipinski definition) is 3. The van der Waals surface area contributed by atoms with E-state index in [2.05, 4.69) is 25.9 Å². The summed E-state index contributed by atoms with van der Waals surface area (Å²) in [7, 11) is 0. The molecule has 1 rings (SSSR count). The lowest BCUT2D eigenvalue weighted by atomic mass is 10.0. The minimum Gasteiger partial charge on any atom is -0.327 e. The van der Waals surface area contributed by atoms with Gasteiger partial charge in [-0.25, -0.2) is 0 Å². The summed E-state index contributed by atoms with van der Waals surface area (Å²) in [5.41, 5.74) is 6.72. The zero-order valence-corrected chi connectivity index (χ0v) is 11.7. The Morgan fingerprint density at radius 1 is 1.50 bits per heavy atom. The highest BCUT2D eigenvalue weighted by Gasteiger charge is 2.12. The predicted molar refractivity (Wildman–Crippen MR) is 73.4 cm³/mol. The maximum Gasteiger partial charge on any atom is 0.140 e. The van der Waals surface area contributed by atoms with Crippen LogP contribution in [0.5, 0.6) is 0 Å². The van der Waals surface area contributed by atoms with Crippen LogP contribution in [-0.2, 0) is 11.2 Å². The van der Waals surface area contributed by atoms with Crippen LogP contribution in [0.2, 0.25) is 0 Å². The van der Waals surface area contributed by atoms with Crippen LogP contribution in [0.4, 0.5) is 0 Å². The van der Waals surface area contributed by atoms with Crippen LogP contribution in [-0.4, -0.2) is 21.6 Å². The van der Waals surface area contributed by atoms with E-state index in [1.165, 1.54) is 0 Å². The molecular weight excluding hydrogens is 226 g/mol. The van der Waals surface area contributed by atoms with Gasteiger partial charge in [0.25, 0.3) is 0 Å². The number of ketones is 1. The summed E-state index contributed by atoms with van der Waals surface area (Å²) in [6.07, 6.45) is 5.79. The SMILES string of the molecule is CCCC(N)CC(=O)Cc1ccn(C(C)CC)n1. The van der Waals surface area contributed by atoms with Crippen LogP contribution in [0.25, 0.3) is 0 Å². The Bertz CT molecular complexity index is 373. The zero-order valence-electron chi connectivity index (χ0n) is 11.7. The van der Waals surface area contributed by atoms with E-state index in [4.69, 9.17) is 5.73 Å². The Kier molecular flexibility index (Phi) is 6.05. The van der Waals surface area contributed by atoms with Crippen molar-refractivity contribution in [2.45, 2.75) is 65.0 Å². The molecule has 2 atom stereocenters. The molecule has 0 bridgehead atoms. The summed E-state index contributed by atoms with van der Waals surface area (Å²) in [6.45, 7) is 6.33. The summed E-state index contributed by atoms with van der Waals surface area (Å²) in [6, 6.07) is 2.31. The first-order valence-corrected chi connectivity index (χ1v) is 6.88. The molecule has 0 saturated carbocycles. The second-order valence-corrected chi connectivity index (χ2v) is 5.01. The molecule has 2 unspecified atom stereocenters. The standard InChI is InChI=1S/C14H25N3O/c1-4-6-12(15)9-14(18)10-13-7-8-17(16-13)11(3)5-2/h7-8,11-12H,4-6,9-10,15H2,1-3H3. The van der Waals surface area contributed by atoms with E-state index < -0.39 is 0 Å². The quantitative estimate of drug-likeness (QED) is 0.772. The molecule has 0 fully saturated rings. The van der Waals surface area contributed by atoms with Crippen molar-refractivity contribution in [1.82, 2.24) is 9.78 Å². The van der Waals surface area contributed by atoms with Crippen LogP contribution in [0, 0.1) is 0 Å². The fourth-order valence-corrected chi connectivity index (χ4v) is 1.94. The van der Waals surface area contributed by atoms with Gasteiger partial charge in [-0.15, -0.1) is 0 Å². The number of Topliss-reactive ketones (excluding diaryl/α,β-unsaturated/α-hetero) is 1. The first-order valence-electron chi connectivity index (χ1n) is 6.88. The van der Waals surface area contributed by atoms with E-state index in [1.54, 1.807) is 0 Å². The summed E-state index contributed by atoms with van der Waals surface area (Å²) in [5, 5.41) is 4.43. The fourth-order valence-electron chi connectivity index (χ4n) is 1.94. The van der Waals surface area contributed by atoms with Crippen LogP contribution < -0.4 is 5.73 Å². The summed E-state index contributed by atoms with van der Waals surface area (Å²) >= 11 is 0. The maximum atomic E-state index is 11.8. The number of aromatic nitrogens is 2. The normalized spacial score (nSPS) is 14.4. The minimum absolute atomic E-state index is 0.000786. The minimum atomic E-state index is -0.000786. The number of nitrogens with two attached hydrogens (primary N) is 1. The van der Waals surface area contributed by atoms with Crippen LogP contribution in [0.3, 0.4) is 0 Å². The highest BCUT2D eigenvalue weighted by molar-refractivity contribution is 5.80. The molecule has 0 aromatic carbocycles. The van der Waals surface area contributed by atoms with Crippen molar-refractivity contribution in [2.24, 2.45) is 5.73 Å². The van der Waals surface area contributed by atoms with Crippen LogP contribution in [0.15, 0.2) is 12.3 Å². The molecule has 1 heterocycles. The molecule has 1 aromatic heterocycles. The maximum absolute atomic E-state index is 11.8. The summed E-state index contributed by atoms with van der Waals surface area (Å²) in [4.78, 5) is 11.8. The van der Waals surface area contributed by atoms with Gasteiger partial charge in [-0.2, -0.15) is 5.10 Å². The van der Waals surface area contributed by atoms with Crippen molar-refractivity contribution in [1.29, 1.82) is 0 Å². The molecule has 18 heavy (non-hydrogen) atoms. The van der Waals surface area contributed by atoms with Crippen molar-refractivity contribution >= 4 is 5.78 Å². The Morgan fingerprint density at radius 2 is 2.22 bits per heavy atom. The number of carbonyl (C=O) groups is 1. The first kappa shape index (κ1) is 14.9. The molecule has 0 aliphatic heterocycles. The van der Waals surface area contributed by atoms with Gasteiger partial charge in [0.2, 0.25) is 0 Å². The number of hydrogen-bond donors (Lipinski definition) is 1. The Hall–Kier alpha value is -1.16. The third-order valence-electron chi connectivity index (χ3n) is 3.23. The highest BCUT2D eigenvalue weighted by Crippen LogP contribution is 2.10. The smallest absolute Gasteiger partial charge is 0.140 e. The molecule has 1 aromatic rings. The largest absolute Gasteiger partial charge is 0.327 e. The van der Waals surface area contributed by atoms with E-state index in [1.807, 2.05) is 16.9 Å². The Balaban J connectivity index is 2.47. The van der Waals surface area contributed by atoms with Gasteiger partial charge in [0.1, 0.15) is 5.78 Å². The predicted octanol–water partition coefficient (Wildman–Crippen LogP) is 2.48. The Morgan fingerprint density at radius 3 is 2.83 bits per heavy atom. The van der Waals surface area contributed by atoms with Crippen LogP contribution >= 0.6 is 0 Å². The van der Waals surface area contributed by atoms with Crippen molar-refractivity contribution in [3.63, 3.8) is 0 Å². The van der Waals surface area contributed by atoms with Gasteiger partial charge in [-0.3, -0.25) is 9.48 Å². The van der Waals surface area contributed by atoms with Gasteiger partial charge in [0.15, 0.2) is 0 Å². The van der Waals surface area contributed by atoms with E-state index >= 15 is 0 Å². The monoisotopic (exact) mass is 251 g/mol. The van der Waals surface area contributed by atoms with Gasteiger partial charge in [0, 0.05) is 24.7 Å². The molecule has 0 aliphatic rings. The molecule has 4 heteroatoms. The van der Waals surface area contributed by atoms with Gasteiger partial charge in [0.05, 0.1) is 12.1 Å². The lowest BCUT2D eigenvalue weighted by Gasteiger charge is -2.09. The van der Waals surface area contributed by atoms with E-state index in [-0.39, 0.29) is 11.8 Å². The molecular formula is C14H25N3O. The average Bonchev–Trinajstić information content (AvgIpc) is 2.76. The first-order chi connectivity index (χ1) is 8.56. The third kappa shape index (κ3) is 4.61. The van der Waals surface area contributed by atoms with Crippen molar-refractivity contribution in [3.8, 4) is 0 Å². The van der Waals surface area contributed by atoms with Gasteiger partial charge in [-0.05, 0) is 25.8 Å². The summed E-state index contributed by atoms with van der Waals surface area (Å²) < 4.78 is 1.93. The van der Waals surface area contributed by atoms with E-state index in [0.717, 1.165) is 25.0 Å². The zero-order chi connectivity index (χ0) is 13.5. The number of rotatable bonds is 8. The van der Waals surface area contributed by atoms with Crippen molar-refractivity contribution in [2.75, 3.05) is 0 Å². The molecule has 4 nitrogen and oxygen atoms in total. The third-order valence-corrected chi connectivity index (χ3v) is 3.23. The van der Waals surface area contributed by atoms with Crippen LogP contribution in [0.1, 0.15) is 58.2 Å². The second kappa shape index (κ2) is 7.31. The molecule has 0 saturated heterocycles. The van der Waals surface area contributed by atoms with E-state index in [9.17, 15) is 4.79 Å². The topological polar surface area (TPSA) is 60.9 Å². The van der Waals surface area contributed by atoms with Gasteiger partial charge in [-0.1, -0.05) is 20.3 Å².